The van der Waals surface area contributed by atoms with Crippen LogP contribution in [-0.4, -0.2) is 21.8 Å². The number of para-hydroxylation sites is 1. The third kappa shape index (κ3) is 3.11. The molecule has 0 spiro atoms. The molecule has 2 heterocycles. The Kier molecular flexibility index (Phi) is 4.59. The molecular weight excluding hydrogens is 406 g/mol. The quantitative estimate of drug-likeness (QED) is 0.471. The molecule has 3 aromatic carbocycles. The maximum atomic E-state index is 13.9. The molecule has 1 aromatic heterocycles. The Bertz CT molecular complexity index is 1280. The summed E-state index contributed by atoms with van der Waals surface area (Å²) in [6.45, 7) is 4.18. The third-order valence-corrected chi connectivity index (χ3v) is 6.90. The van der Waals surface area contributed by atoms with Gasteiger partial charge in [0.2, 0.25) is 0 Å². The van der Waals surface area contributed by atoms with E-state index < -0.39 is 11.6 Å². The zero-order valence-corrected chi connectivity index (χ0v) is 18.1. The van der Waals surface area contributed by atoms with Crippen LogP contribution >= 0.6 is 11.3 Å². The molecule has 5 rings (SSSR count). The minimum Gasteiger partial charge on any atom is -0.315 e. The normalized spacial score (nSPS) is 18.6. The van der Waals surface area contributed by atoms with Crippen molar-refractivity contribution < 1.29 is 9.59 Å². The number of urea groups is 1. The lowest BCUT2D eigenvalue weighted by Crippen LogP contribution is -2.45. The van der Waals surface area contributed by atoms with Gasteiger partial charge in [-0.05, 0) is 48.2 Å². The Morgan fingerprint density at radius 1 is 0.903 bits per heavy atom. The molecule has 1 atom stereocenters. The van der Waals surface area contributed by atoms with Gasteiger partial charge in [-0.3, -0.25) is 9.69 Å². The van der Waals surface area contributed by atoms with E-state index in [9.17, 15) is 9.59 Å². The Balaban J connectivity index is 1.60. The standard InChI is InChI=1S/C25H21N3O2S/c1-16-12-13-19(14-17(16)2)25(18-8-4-3-5-9-18)23(29)28(24(30)27-25)15-22-26-20-10-6-7-11-21(20)31-22/h3-14H,15H2,1-2H3,(H,27,30)/t25-/m1/s1. The zero-order chi connectivity index (χ0) is 21.6. The van der Waals surface area contributed by atoms with Crippen LogP contribution in [0.2, 0.25) is 0 Å². The molecule has 1 saturated heterocycles. The predicted molar refractivity (Wildman–Crippen MR) is 122 cm³/mol. The highest BCUT2D eigenvalue weighted by Crippen LogP contribution is 2.37. The largest absolute Gasteiger partial charge is 0.325 e. The second-order valence-corrected chi connectivity index (χ2v) is 8.93. The van der Waals surface area contributed by atoms with Crippen molar-refractivity contribution in [3.63, 3.8) is 0 Å². The van der Waals surface area contributed by atoms with Crippen molar-refractivity contribution in [2.75, 3.05) is 0 Å². The third-order valence-electron chi connectivity index (χ3n) is 5.88. The smallest absolute Gasteiger partial charge is 0.315 e. The van der Waals surface area contributed by atoms with Crippen LogP contribution in [0.15, 0.2) is 72.8 Å². The summed E-state index contributed by atoms with van der Waals surface area (Å²) in [6, 6.07) is 22.7. The van der Waals surface area contributed by atoms with Crippen molar-refractivity contribution in [3.05, 3.63) is 100 Å². The fourth-order valence-corrected chi connectivity index (χ4v) is 5.02. The molecule has 0 unspecified atom stereocenters. The van der Waals surface area contributed by atoms with Gasteiger partial charge in [-0.2, -0.15) is 0 Å². The van der Waals surface area contributed by atoms with E-state index in [1.165, 1.54) is 16.2 Å². The molecule has 0 bridgehead atoms. The monoisotopic (exact) mass is 427 g/mol. The van der Waals surface area contributed by atoms with Crippen LogP contribution in [-0.2, 0) is 16.9 Å². The molecular formula is C25H21N3O2S. The summed E-state index contributed by atoms with van der Waals surface area (Å²) >= 11 is 1.50. The van der Waals surface area contributed by atoms with Gasteiger partial charge in [0.05, 0.1) is 16.8 Å². The lowest BCUT2D eigenvalue weighted by Gasteiger charge is -2.28. The number of aryl methyl sites for hydroxylation is 2. The molecule has 0 saturated carbocycles. The van der Waals surface area contributed by atoms with E-state index in [1.807, 2.05) is 86.6 Å². The van der Waals surface area contributed by atoms with Crippen molar-refractivity contribution in [2.24, 2.45) is 0 Å². The number of nitrogens with one attached hydrogen (secondary N) is 1. The summed E-state index contributed by atoms with van der Waals surface area (Å²) in [6.07, 6.45) is 0. The number of thiazole rings is 1. The van der Waals surface area contributed by atoms with Crippen molar-refractivity contribution in [3.8, 4) is 0 Å². The van der Waals surface area contributed by atoms with Crippen molar-refractivity contribution in [1.29, 1.82) is 0 Å². The van der Waals surface area contributed by atoms with Gasteiger partial charge in [0.15, 0.2) is 5.54 Å². The molecule has 154 valence electrons. The zero-order valence-electron chi connectivity index (χ0n) is 17.3. The molecule has 5 nitrogen and oxygen atoms in total. The van der Waals surface area contributed by atoms with Gasteiger partial charge in [0.1, 0.15) is 5.01 Å². The molecule has 0 aliphatic carbocycles. The van der Waals surface area contributed by atoms with Crippen LogP contribution in [0.5, 0.6) is 0 Å². The van der Waals surface area contributed by atoms with E-state index in [0.29, 0.717) is 0 Å². The lowest BCUT2D eigenvalue weighted by molar-refractivity contribution is -0.130. The first-order valence-electron chi connectivity index (χ1n) is 10.1. The van der Waals surface area contributed by atoms with E-state index >= 15 is 0 Å². The Morgan fingerprint density at radius 2 is 1.65 bits per heavy atom. The van der Waals surface area contributed by atoms with Crippen molar-refractivity contribution in [2.45, 2.75) is 25.9 Å². The number of hydrogen-bond acceptors (Lipinski definition) is 4. The number of nitrogens with zero attached hydrogens (tertiary/aromatic N) is 2. The van der Waals surface area contributed by atoms with E-state index in [4.69, 9.17) is 0 Å². The minimum atomic E-state index is -1.26. The fourth-order valence-electron chi connectivity index (χ4n) is 4.06. The summed E-state index contributed by atoms with van der Waals surface area (Å²) in [4.78, 5) is 32.8. The summed E-state index contributed by atoms with van der Waals surface area (Å²) in [5, 5.41) is 3.75. The summed E-state index contributed by atoms with van der Waals surface area (Å²) in [5.74, 6) is -0.286. The number of carbonyl (C=O) groups excluding carboxylic acids is 2. The first kappa shape index (κ1) is 19.5. The van der Waals surface area contributed by atoms with Crippen molar-refractivity contribution in [1.82, 2.24) is 15.2 Å². The highest BCUT2D eigenvalue weighted by Gasteiger charge is 2.53. The molecule has 1 N–H and O–H groups in total. The van der Waals surface area contributed by atoms with Gasteiger partial charge in [-0.25, -0.2) is 9.78 Å². The van der Waals surface area contributed by atoms with Crippen LogP contribution in [0, 0.1) is 13.8 Å². The van der Waals surface area contributed by atoms with Crippen molar-refractivity contribution >= 4 is 33.5 Å². The minimum absolute atomic E-state index is 0.142. The summed E-state index contributed by atoms with van der Waals surface area (Å²) < 4.78 is 1.04. The number of benzene rings is 3. The van der Waals surface area contributed by atoms with Gasteiger partial charge in [0, 0.05) is 0 Å². The second kappa shape index (κ2) is 7.32. The number of rotatable bonds is 4. The molecule has 1 fully saturated rings. The van der Waals surface area contributed by atoms with E-state index in [1.54, 1.807) is 0 Å². The van der Waals surface area contributed by atoms with Gasteiger partial charge in [0.25, 0.3) is 5.91 Å². The Hall–Kier alpha value is -3.51. The van der Waals surface area contributed by atoms with Gasteiger partial charge < -0.3 is 5.32 Å². The number of hydrogen-bond donors (Lipinski definition) is 1. The molecule has 3 amide bonds. The summed E-state index contributed by atoms with van der Waals surface area (Å²) in [7, 11) is 0. The van der Waals surface area contributed by atoms with Crippen LogP contribution in [0.4, 0.5) is 4.79 Å². The Morgan fingerprint density at radius 3 is 2.39 bits per heavy atom. The first-order valence-corrected chi connectivity index (χ1v) is 10.9. The second-order valence-electron chi connectivity index (χ2n) is 7.81. The molecule has 31 heavy (non-hydrogen) atoms. The topological polar surface area (TPSA) is 62.3 Å². The van der Waals surface area contributed by atoms with Crippen LogP contribution in [0.3, 0.4) is 0 Å². The van der Waals surface area contributed by atoms with Gasteiger partial charge in [-0.1, -0.05) is 60.7 Å². The van der Waals surface area contributed by atoms with Gasteiger partial charge >= 0.3 is 6.03 Å². The number of aromatic nitrogens is 1. The molecule has 1 aliphatic heterocycles. The number of fused-ring (bicyclic) bond motifs is 1. The van der Waals surface area contributed by atoms with Crippen LogP contribution in [0.25, 0.3) is 10.2 Å². The van der Waals surface area contributed by atoms with Crippen LogP contribution < -0.4 is 5.32 Å². The maximum absolute atomic E-state index is 13.9. The summed E-state index contributed by atoms with van der Waals surface area (Å²) in [5.41, 5.74) is 3.32. The number of imide groups is 1. The molecule has 6 heteroatoms. The Labute approximate surface area is 184 Å². The average molecular weight is 428 g/mol. The highest BCUT2D eigenvalue weighted by molar-refractivity contribution is 7.18. The fraction of sp³-hybridized carbons (Fsp3) is 0.160. The first-order chi connectivity index (χ1) is 15.0. The van der Waals surface area contributed by atoms with Gasteiger partial charge in [-0.15, -0.1) is 11.3 Å². The highest BCUT2D eigenvalue weighted by atomic mass is 32.1. The molecule has 0 radical (unpaired) electrons. The molecule has 1 aliphatic rings. The van der Waals surface area contributed by atoms with E-state index in [-0.39, 0.29) is 12.5 Å². The number of amides is 3. The predicted octanol–water partition coefficient (Wildman–Crippen LogP) is 4.91. The van der Waals surface area contributed by atoms with E-state index in [0.717, 1.165) is 37.5 Å². The maximum Gasteiger partial charge on any atom is 0.325 e. The lowest BCUT2D eigenvalue weighted by atomic mass is 9.81. The van der Waals surface area contributed by atoms with Crippen LogP contribution in [0.1, 0.15) is 27.3 Å². The SMILES string of the molecule is Cc1ccc([C@@]2(c3ccccc3)NC(=O)N(Cc3nc4ccccc4s3)C2=O)cc1C. The molecule has 4 aromatic rings. The number of carbonyl (C=O) groups is 2. The average Bonchev–Trinajstić information content (AvgIpc) is 3.30. The van der Waals surface area contributed by atoms with E-state index in [2.05, 4.69) is 10.3 Å².